The van der Waals surface area contributed by atoms with Crippen molar-refractivity contribution in [3.63, 3.8) is 0 Å². The monoisotopic (exact) mass is 320 g/mol. The Hall–Kier alpha value is -0.700. The Morgan fingerprint density at radius 2 is 2.19 bits per heavy atom. The van der Waals surface area contributed by atoms with Gasteiger partial charge in [0.25, 0.3) is 0 Å². The summed E-state index contributed by atoms with van der Waals surface area (Å²) in [4.78, 5) is 13.9. The Bertz CT molecular complexity index is 479. The number of sulfonamides is 1. The maximum atomic E-state index is 12.2. The lowest BCUT2D eigenvalue weighted by atomic mass is 10.2. The van der Waals surface area contributed by atoms with E-state index in [2.05, 4.69) is 4.72 Å². The molecule has 1 saturated carbocycles. The highest BCUT2D eigenvalue weighted by Gasteiger charge is 2.42. The Balaban J connectivity index is 1.85. The van der Waals surface area contributed by atoms with Crippen LogP contribution in [-0.4, -0.2) is 68.5 Å². The average Bonchev–Trinajstić information content (AvgIpc) is 3.13. The molecule has 7 nitrogen and oxygen atoms in total. The SMILES string of the molecule is C[C@H](O)CNS(=O)(=O)C[C@@H]1CN(C(=O)[C@@H]2C[C@@H]2C)CCO1. The number of nitrogens with zero attached hydrogens (tertiary/aromatic N) is 1. The van der Waals surface area contributed by atoms with Crippen molar-refractivity contribution in [2.75, 3.05) is 32.0 Å². The molecule has 2 fully saturated rings. The first kappa shape index (κ1) is 16.7. The molecule has 0 unspecified atom stereocenters. The summed E-state index contributed by atoms with van der Waals surface area (Å²) in [6, 6.07) is 0. The molecule has 0 aromatic rings. The second-order valence-electron chi connectivity index (χ2n) is 6.08. The summed E-state index contributed by atoms with van der Waals surface area (Å²) in [5.74, 6) is 0.470. The zero-order valence-electron chi connectivity index (χ0n) is 12.5. The first-order chi connectivity index (χ1) is 9.78. The van der Waals surface area contributed by atoms with Gasteiger partial charge in [0.1, 0.15) is 0 Å². The van der Waals surface area contributed by atoms with Crippen LogP contribution in [0.1, 0.15) is 20.3 Å². The molecule has 1 amide bonds. The molecule has 0 aromatic carbocycles. The van der Waals surface area contributed by atoms with Gasteiger partial charge in [-0.15, -0.1) is 0 Å². The number of amides is 1. The van der Waals surface area contributed by atoms with E-state index in [1.165, 1.54) is 6.92 Å². The minimum Gasteiger partial charge on any atom is -0.392 e. The lowest BCUT2D eigenvalue weighted by molar-refractivity contribution is -0.139. The van der Waals surface area contributed by atoms with Crippen molar-refractivity contribution in [3.8, 4) is 0 Å². The first-order valence-electron chi connectivity index (χ1n) is 7.34. The molecule has 2 rings (SSSR count). The van der Waals surface area contributed by atoms with Crippen LogP contribution in [0.5, 0.6) is 0 Å². The third-order valence-electron chi connectivity index (χ3n) is 3.88. The van der Waals surface area contributed by atoms with Gasteiger partial charge in [-0.25, -0.2) is 13.1 Å². The Morgan fingerprint density at radius 3 is 2.76 bits per heavy atom. The predicted molar refractivity (Wildman–Crippen MR) is 77.1 cm³/mol. The molecule has 1 saturated heterocycles. The molecule has 0 radical (unpaired) electrons. The van der Waals surface area contributed by atoms with Crippen LogP contribution in [0.2, 0.25) is 0 Å². The van der Waals surface area contributed by atoms with Gasteiger partial charge >= 0.3 is 0 Å². The number of nitrogens with one attached hydrogen (secondary N) is 1. The van der Waals surface area contributed by atoms with Crippen molar-refractivity contribution in [2.24, 2.45) is 11.8 Å². The Kier molecular flexibility index (Phi) is 5.24. The molecule has 21 heavy (non-hydrogen) atoms. The molecular weight excluding hydrogens is 296 g/mol. The summed E-state index contributed by atoms with van der Waals surface area (Å²) in [7, 11) is -3.51. The predicted octanol–water partition coefficient (Wildman–Crippen LogP) is -0.830. The first-order valence-corrected chi connectivity index (χ1v) is 8.99. The summed E-state index contributed by atoms with van der Waals surface area (Å²) in [6.45, 7) is 4.75. The maximum Gasteiger partial charge on any atom is 0.226 e. The van der Waals surface area contributed by atoms with Crippen molar-refractivity contribution in [3.05, 3.63) is 0 Å². The van der Waals surface area contributed by atoms with E-state index >= 15 is 0 Å². The second kappa shape index (κ2) is 6.60. The minimum absolute atomic E-state index is 0.0166. The summed E-state index contributed by atoms with van der Waals surface area (Å²) in [5.41, 5.74) is 0. The zero-order chi connectivity index (χ0) is 15.6. The highest BCUT2D eigenvalue weighted by molar-refractivity contribution is 7.89. The lowest BCUT2D eigenvalue weighted by Gasteiger charge is -2.33. The van der Waals surface area contributed by atoms with E-state index in [1.807, 2.05) is 6.92 Å². The highest BCUT2D eigenvalue weighted by Crippen LogP contribution is 2.39. The molecule has 0 aromatic heterocycles. The van der Waals surface area contributed by atoms with Gasteiger partial charge in [-0.2, -0.15) is 0 Å². The van der Waals surface area contributed by atoms with Crippen LogP contribution in [0.15, 0.2) is 0 Å². The number of aliphatic hydroxyl groups excluding tert-OH is 1. The fraction of sp³-hybridized carbons (Fsp3) is 0.923. The van der Waals surface area contributed by atoms with Gasteiger partial charge in [-0.1, -0.05) is 6.92 Å². The third-order valence-corrected chi connectivity index (χ3v) is 5.30. The largest absolute Gasteiger partial charge is 0.392 e. The molecule has 2 aliphatic rings. The topological polar surface area (TPSA) is 95.9 Å². The normalized spacial score (nSPS) is 31.0. The third kappa shape index (κ3) is 4.91. The van der Waals surface area contributed by atoms with Crippen molar-refractivity contribution < 1.29 is 23.1 Å². The molecule has 122 valence electrons. The molecule has 1 aliphatic carbocycles. The van der Waals surface area contributed by atoms with Gasteiger partial charge in [0.2, 0.25) is 15.9 Å². The van der Waals surface area contributed by atoms with Gasteiger partial charge in [0.05, 0.1) is 24.6 Å². The molecule has 2 N–H and O–H groups in total. The van der Waals surface area contributed by atoms with Crippen LogP contribution >= 0.6 is 0 Å². The van der Waals surface area contributed by atoms with E-state index in [-0.39, 0.29) is 24.1 Å². The molecule has 8 heteroatoms. The van der Waals surface area contributed by atoms with E-state index < -0.39 is 22.2 Å². The number of rotatable bonds is 6. The molecule has 1 heterocycles. The van der Waals surface area contributed by atoms with Crippen molar-refractivity contribution in [1.82, 2.24) is 9.62 Å². The van der Waals surface area contributed by atoms with E-state index in [1.54, 1.807) is 4.90 Å². The summed E-state index contributed by atoms with van der Waals surface area (Å²) in [6.07, 6.45) is -0.320. The number of aliphatic hydroxyl groups is 1. The van der Waals surface area contributed by atoms with Crippen LogP contribution in [0.25, 0.3) is 0 Å². The zero-order valence-corrected chi connectivity index (χ0v) is 13.3. The van der Waals surface area contributed by atoms with Crippen molar-refractivity contribution in [1.29, 1.82) is 0 Å². The number of hydrogen-bond donors (Lipinski definition) is 2. The smallest absolute Gasteiger partial charge is 0.226 e. The van der Waals surface area contributed by atoms with Crippen molar-refractivity contribution >= 4 is 15.9 Å². The fourth-order valence-corrected chi connectivity index (χ4v) is 3.78. The molecule has 4 atom stereocenters. The number of ether oxygens (including phenoxy) is 1. The van der Waals surface area contributed by atoms with E-state index in [9.17, 15) is 13.2 Å². The van der Waals surface area contributed by atoms with Crippen LogP contribution in [0, 0.1) is 11.8 Å². The Morgan fingerprint density at radius 1 is 1.52 bits per heavy atom. The van der Waals surface area contributed by atoms with Crippen molar-refractivity contribution in [2.45, 2.75) is 32.5 Å². The quantitative estimate of drug-likeness (QED) is 0.666. The van der Waals surface area contributed by atoms with E-state index in [0.717, 1.165) is 6.42 Å². The van der Waals surface area contributed by atoms with Crippen LogP contribution in [-0.2, 0) is 19.6 Å². The summed E-state index contributed by atoms with van der Waals surface area (Å²) in [5, 5.41) is 9.12. The van der Waals surface area contributed by atoms with Gasteiger partial charge in [-0.3, -0.25) is 4.79 Å². The molecular formula is C13H24N2O5S. The van der Waals surface area contributed by atoms with Crippen LogP contribution in [0.4, 0.5) is 0 Å². The van der Waals surface area contributed by atoms with Gasteiger partial charge in [-0.05, 0) is 19.3 Å². The number of hydrogen-bond acceptors (Lipinski definition) is 5. The number of carbonyl (C=O) groups is 1. The fourth-order valence-electron chi connectivity index (χ4n) is 2.47. The highest BCUT2D eigenvalue weighted by atomic mass is 32.2. The summed E-state index contributed by atoms with van der Waals surface area (Å²) >= 11 is 0. The van der Waals surface area contributed by atoms with Gasteiger partial charge in [0.15, 0.2) is 0 Å². The minimum atomic E-state index is -3.51. The Labute approximate surface area is 125 Å². The van der Waals surface area contributed by atoms with Crippen LogP contribution < -0.4 is 4.72 Å². The number of morpholine rings is 1. The standard InChI is InChI=1S/C13H24N2O5S/c1-9-5-12(9)13(17)15-3-4-20-11(7-15)8-21(18,19)14-6-10(2)16/h9-12,14,16H,3-8H2,1-2H3/t9-,10-,11-,12+/m0/s1. The van der Waals surface area contributed by atoms with E-state index in [0.29, 0.717) is 25.6 Å². The molecule has 1 aliphatic heterocycles. The number of carbonyl (C=O) groups excluding carboxylic acids is 1. The van der Waals surface area contributed by atoms with Gasteiger partial charge < -0.3 is 14.7 Å². The second-order valence-corrected chi connectivity index (χ2v) is 7.93. The van der Waals surface area contributed by atoms with Crippen LogP contribution in [0.3, 0.4) is 0 Å². The maximum absolute atomic E-state index is 12.2. The van der Waals surface area contributed by atoms with E-state index in [4.69, 9.17) is 9.84 Å². The average molecular weight is 320 g/mol. The molecule has 0 spiro atoms. The van der Waals surface area contributed by atoms with Gasteiger partial charge in [0, 0.05) is 25.6 Å². The molecule has 0 bridgehead atoms. The lowest BCUT2D eigenvalue weighted by Crippen LogP contribution is -2.50. The summed E-state index contributed by atoms with van der Waals surface area (Å²) < 4.78 is 31.5.